The van der Waals surface area contributed by atoms with Crippen LogP contribution >= 0.6 is 11.6 Å². The number of aryl methyl sites for hydroxylation is 1. The smallest absolute Gasteiger partial charge is 0.417 e. The van der Waals surface area contributed by atoms with Crippen molar-refractivity contribution in [3.05, 3.63) is 46.6 Å². The van der Waals surface area contributed by atoms with Crippen LogP contribution in [0.5, 0.6) is 11.5 Å². The molecule has 0 fully saturated rings. The lowest BCUT2D eigenvalue weighted by Gasteiger charge is -2.21. The molecule has 130 valence electrons. The largest absolute Gasteiger partial charge is 0.508 e. The number of phenolic OH excluding ortho intramolecular Hbond substituents is 1. The van der Waals surface area contributed by atoms with Gasteiger partial charge in [0.1, 0.15) is 17.3 Å². The maximum atomic E-state index is 12.5. The number of aromatic hydroxyl groups is 1. The first-order chi connectivity index (χ1) is 11.2. The second-order valence-electron chi connectivity index (χ2n) is 5.16. The van der Waals surface area contributed by atoms with Crippen molar-refractivity contribution in [1.29, 1.82) is 0 Å². The van der Waals surface area contributed by atoms with Gasteiger partial charge in [-0.25, -0.2) is 4.98 Å². The van der Waals surface area contributed by atoms with E-state index in [1.54, 1.807) is 6.92 Å². The minimum atomic E-state index is -4.43. The van der Waals surface area contributed by atoms with Gasteiger partial charge in [-0.2, -0.15) is 13.2 Å². The zero-order valence-electron chi connectivity index (χ0n) is 13.0. The first-order valence-corrected chi connectivity index (χ1v) is 7.54. The number of pyridine rings is 1. The molecular formula is C16H16ClF3N2O2. The van der Waals surface area contributed by atoms with Crippen LogP contribution < -0.4 is 10.1 Å². The highest BCUT2D eigenvalue weighted by Gasteiger charge is 2.30. The number of nitrogens with one attached hydrogen (secondary N) is 1. The molecule has 0 aliphatic rings. The molecule has 2 aromatic rings. The summed E-state index contributed by atoms with van der Waals surface area (Å²) < 4.78 is 43.4. The minimum absolute atomic E-state index is 0.0234. The molecule has 0 radical (unpaired) electrons. The molecular weight excluding hydrogens is 345 g/mol. The predicted octanol–water partition coefficient (Wildman–Crippen LogP) is 4.99. The van der Waals surface area contributed by atoms with Crippen molar-refractivity contribution >= 4 is 17.4 Å². The third kappa shape index (κ3) is 4.44. The quantitative estimate of drug-likeness (QED) is 0.737. The van der Waals surface area contributed by atoms with Crippen LogP contribution in [0.3, 0.4) is 0 Å². The summed E-state index contributed by atoms with van der Waals surface area (Å²) in [6.45, 7) is 3.56. The number of benzene rings is 1. The second-order valence-corrected chi connectivity index (χ2v) is 5.57. The SMILES string of the molecule is CCC(Nc1ccc(C(F)(F)F)cn1)Oc1c(C)cc(O)cc1Cl. The molecule has 1 aromatic heterocycles. The Labute approximate surface area is 142 Å². The fraction of sp³-hybridized carbons (Fsp3) is 0.312. The molecule has 0 aliphatic carbocycles. The zero-order valence-corrected chi connectivity index (χ0v) is 13.7. The Bertz CT molecular complexity index is 682. The number of ether oxygens (including phenoxy) is 1. The van der Waals surface area contributed by atoms with E-state index in [-0.39, 0.29) is 16.6 Å². The van der Waals surface area contributed by atoms with Crippen molar-refractivity contribution < 1.29 is 23.0 Å². The molecule has 1 unspecified atom stereocenters. The number of nitrogens with zero attached hydrogens (tertiary/aromatic N) is 1. The van der Waals surface area contributed by atoms with Crippen molar-refractivity contribution in [2.24, 2.45) is 0 Å². The molecule has 0 aliphatic heterocycles. The lowest BCUT2D eigenvalue weighted by Crippen LogP contribution is -2.26. The van der Waals surface area contributed by atoms with Crippen LogP contribution in [0.2, 0.25) is 5.02 Å². The number of phenols is 1. The first-order valence-electron chi connectivity index (χ1n) is 7.16. The number of halogens is 4. The van der Waals surface area contributed by atoms with Gasteiger partial charge >= 0.3 is 6.18 Å². The van der Waals surface area contributed by atoms with Gasteiger partial charge < -0.3 is 15.2 Å². The molecule has 0 saturated heterocycles. The van der Waals surface area contributed by atoms with Gasteiger partial charge in [-0.15, -0.1) is 0 Å². The van der Waals surface area contributed by atoms with Gasteiger partial charge in [0.15, 0.2) is 6.23 Å². The topological polar surface area (TPSA) is 54.4 Å². The molecule has 0 bridgehead atoms. The molecule has 24 heavy (non-hydrogen) atoms. The molecule has 2 rings (SSSR count). The van der Waals surface area contributed by atoms with E-state index in [4.69, 9.17) is 16.3 Å². The monoisotopic (exact) mass is 360 g/mol. The summed E-state index contributed by atoms with van der Waals surface area (Å²) in [7, 11) is 0. The summed E-state index contributed by atoms with van der Waals surface area (Å²) >= 11 is 6.06. The van der Waals surface area contributed by atoms with Gasteiger partial charge in [0.25, 0.3) is 0 Å². The van der Waals surface area contributed by atoms with E-state index in [2.05, 4.69) is 10.3 Å². The molecule has 0 saturated carbocycles. The van der Waals surface area contributed by atoms with Crippen LogP contribution in [-0.4, -0.2) is 16.3 Å². The van der Waals surface area contributed by atoms with Gasteiger partial charge in [-0.3, -0.25) is 0 Å². The van der Waals surface area contributed by atoms with E-state index in [1.807, 2.05) is 6.92 Å². The van der Waals surface area contributed by atoms with E-state index in [0.717, 1.165) is 12.3 Å². The number of hydrogen-bond acceptors (Lipinski definition) is 4. The summed E-state index contributed by atoms with van der Waals surface area (Å²) in [6.07, 6.45) is -3.70. The number of alkyl halides is 3. The maximum absolute atomic E-state index is 12.5. The fourth-order valence-corrected chi connectivity index (χ4v) is 2.34. The summed E-state index contributed by atoms with van der Waals surface area (Å²) in [6, 6.07) is 5.04. The fourth-order valence-electron chi connectivity index (χ4n) is 2.03. The Kier molecular flexibility index (Phi) is 5.43. The third-order valence-corrected chi connectivity index (χ3v) is 3.53. The predicted molar refractivity (Wildman–Crippen MR) is 85.4 cm³/mol. The van der Waals surface area contributed by atoms with E-state index in [0.29, 0.717) is 17.7 Å². The highest BCUT2D eigenvalue weighted by atomic mass is 35.5. The average Bonchev–Trinajstić information content (AvgIpc) is 2.49. The minimum Gasteiger partial charge on any atom is -0.508 e. The van der Waals surface area contributed by atoms with Gasteiger partial charge in [-0.1, -0.05) is 18.5 Å². The Morgan fingerprint density at radius 1 is 1.33 bits per heavy atom. The number of hydrogen-bond donors (Lipinski definition) is 2. The van der Waals surface area contributed by atoms with Gasteiger partial charge in [0.2, 0.25) is 0 Å². The van der Waals surface area contributed by atoms with Gasteiger partial charge in [0.05, 0.1) is 10.6 Å². The molecule has 4 nitrogen and oxygen atoms in total. The van der Waals surface area contributed by atoms with Crippen LogP contribution in [-0.2, 0) is 6.18 Å². The van der Waals surface area contributed by atoms with Crippen molar-refractivity contribution in [1.82, 2.24) is 4.98 Å². The van der Waals surface area contributed by atoms with Crippen LogP contribution in [0, 0.1) is 6.92 Å². The molecule has 1 aromatic carbocycles. The third-order valence-electron chi connectivity index (χ3n) is 3.24. The van der Waals surface area contributed by atoms with Crippen molar-refractivity contribution in [3.63, 3.8) is 0 Å². The van der Waals surface area contributed by atoms with Crippen molar-refractivity contribution in [2.45, 2.75) is 32.7 Å². The Morgan fingerprint density at radius 3 is 2.54 bits per heavy atom. The first kappa shape index (κ1) is 18.2. The number of aromatic nitrogens is 1. The second kappa shape index (κ2) is 7.17. The van der Waals surface area contributed by atoms with E-state index in [9.17, 15) is 18.3 Å². The van der Waals surface area contributed by atoms with Crippen molar-refractivity contribution in [3.8, 4) is 11.5 Å². The lowest BCUT2D eigenvalue weighted by molar-refractivity contribution is -0.137. The maximum Gasteiger partial charge on any atom is 0.417 e. The van der Waals surface area contributed by atoms with E-state index in [1.165, 1.54) is 18.2 Å². The molecule has 1 heterocycles. The van der Waals surface area contributed by atoms with E-state index >= 15 is 0 Å². The Morgan fingerprint density at radius 2 is 2.04 bits per heavy atom. The van der Waals surface area contributed by atoms with Crippen LogP contribution in [0.25, 0.3) is 0 Å². The van der Waals surface area contributed by atoms with Gasteiger partial charge in [-0.05, 0) is 30.7 Å². The molecule has 1 atom stereocenters. The molecule has 0 amide bonds. The number of anilines is 1. The van der Waals surface area contributed by atoms with Crippen LogP contribution in [0.15, 0.2) is 30.5 Å². The van der Waals surface area contributed by atoms with Crippen LogP contribution in [0.1, 0.15) is 24.5 Å². The average molecular weight is 361 g/mol. The lowest BCUT2D eigenvalue weighted by atomic mass is 10.2. The standard InChI is InChI=1S/C16H16ClF3N2O2/c1-3-14(24-15-9(2)6-11(23)7-12(15)17)22-13-5-4-10(8-21-13)16(18,19)20/h4-8,14,23H,3H2,1-2H3,(H,21,22). The Hall–Kier alpha value is -2.15. The van der Waals surface area contributed by atoms with Crippen molar-refractivity contribution in [2.75, 3.05) is 5.32 Å². The van der Waals surface area contributed by atoms with E-state index < -0.39 is 18.0 Å². The highest BCUT2D eigenvalue weighted by Crippen LogP contribution is 2.34. The molecule has 0 spiro atoms. The summed E-state index contributed by atoms with van der Waals surface area (Å²) in [5.41, 5.74) is -0.180. The normalized spacial score (nSPS) is 12.8. The Balaban J connectivity index is 2.13. The van der Waals surface area contributed by atoms with Gasteiger partial charge in [0, 0.05) is 18.7 Å². The highest BCUT2D eigenvalue weighted by molar-refractivity contribution is 6.32. The number of rotatable bonds is 5. The van der Waals surface area contributed by atoms with Crippen LogP contribution in [0.4, 0.5) is 19.0 Å². The summed E-state index contributed by atoms with van der Waals surface area (Å²) in [4.78, 5) is 3.75. The molecule has 2 N–H and O–H groups in total. The molecule has 8 heteroatoms. The zero-order chi connectivity index (χ0) is 17.9. The summed E-state index contributed by atoms with van der Waals surface area (Å²) in [5, 5.41) is 12.6. The summed E-state index contributed by atoms with van der Waals surface area (Å²) in [5.74, 6) is 0.665.